The van der Waals surface area contributed by atoms with E-state index in [1.54, 1.807) is 6.92 Å². The molecule has 8 rings (SSSR count). The van der Waals surface area contributed by atoms with Crippen molar-refractivity contribution in [3.63, 3.8) is 0 Å². The molecule has 4 N–H and O–H groups in total. The molecule has 2 aromatic heterocycles. The van der Waals surface area contributed by atoms with E-state index in [-0.39, 0.29) is 37.0 Å². The standard InChI is InChI=1S/C42H54N8O4/c1-26(2)49-25-44-36-24-35(46-39(38(36)49)45-30-10-8-27(3)33(21-30)40(53)43-14-19-51)29-9-11-34-37(20-29)50(32-22-31(23-32)48-15-6-5-7-16-48)41(54)42(34)12-17-47(18-13-42)28(4)52/h8-11,20-21,24-26,31-32,40,43,51,53H,5-7,12-19,22-23H2,1-4H3,(H,45,46). The van der Waals surface area contributed by atoms with Gasteiger partial charge >= 0.3 is 0 Å². The predicted molar refractivity (Wildman–Crippen MR) is 211 cm³/mol. The van der Waals surface area contributed by atoms with E-state index in [2.05, 4.69) is 57.0 Å². The van der Waals surface area contributed by atoms with E-state index in [4.69, 9.17) is 9.97 Å². The van der Waals surface area contributed by atoms with Gasteiger partial charge in [-0.3, -0.25) is 14.9 Å². The van der Waals surface area contributed by atoms with E-state index < -0.39 is 11.6 Å². The van der Waals surface area contributed by atoms with Gasteiger partial charge < -0.3 is 34.8 Å². The number of likely N-dealkylation sites (tertiary alicyclic amines) is 2. The highest BCUT2D eigenvalue weighted by Gasteiger charge is 2.55. The molecular weight excluding hydrogens is 681 g/mol. The van der Waals surface area contributed by atoms with Gasteiger partial charge in [0.2, 0.25) is 11.8 Å². The summed E-state index contributed by atoms with van der Waals surface area (Å²) in [7, 11) is 0. The van der Waals surface area contributed by atoms with Crippen LogP contribution in [0, 0.1) is 6.92 Å². The van der Waals surface area contributed by atoms with E-state index in [1.807, 2.05) is 42.4 Å². The molecular formula is C42H54N8O4. The third-order valence-corrected chi connectivity index (χ3v) is 12.5. The summed E-state index contributed by atoms with van der Waals surface area (Å²) >= 11 is 0. The maximum Gasteiger partial charge on any atom is 0.238 e. The topological polar surface area (TPSA) is 139 Å². The Kier molecular flexibility index (Phi) is 9.97. The maximum absolute atomic E-state index is 14.8. The van der Waals surface area contributed by atoms with Crippen LogP contribution in [0.1, 0.15) is 94.7 Å². The van der Waals surface area contributed by atoms with Gasteiger partial charge in [-0.2, -0.15) is 0 Å². The fourth-order valence-electron chi connectivity index (χ4n) is 9.30. The second kappa shape index (κ2) is 14.7. The van der Waals surface area contributed by atoms with Crippen molar-refractivity contribution in [3.8, 4) is 11.3 Å². The van der Waals surface area contributed by atoms with Gasteiger partial charge in [0.1, 0.15) is 11.7 Å². The van der Waals surface area contributed by atoms with E-state index >= 15 is 0 Å². The number of amides is 2. The minimum atomic E-state index is -0.930. The Morgan fingerprint density at radius 2 is 1.76 bits per heavy atom. The van der Waals surface area contributed by atoms with E-state index in [9.17, 15) is 19.8 Å². The number of hydrogen-bond donors (Lipinski definition) is 4. The van der Waals surface area contributed by atoms with Gasteiger partial charge in [-0.25, -0.2) is 9.97 Å². The molecule has 1 aliphatic carbocycles. The molecule has 3 aliphatic heterocycles. The number of piperidine rings is 2. The van der Waals surface area contributed by atoms with Crippen molar-refractivity contribution in [2.75, 3.05) is 49.5 Å². The van der Waals surface area contributed by atoms with Crippen molar-refractivity contribution < 1.29 is 19.8 Å². The average Bonchev–Trinajstić information content (AvgIpc) is 3.69. The van der Waals surface area contributed by atoms with Crippen LogP contribution in [0.3, 0.4) is 0 Å². The molecule has 1 saturated carbocycles. The van der Waals surface area contributed by atoms with E-state index in [1.165, 1.54) is 19.3 Å². The zero-order valence-corrected chi connectivity index (χ0v) is 32.0. The molecule has 2 saturated heterocycles. The first-order chi connectivity index (χ1) is 26.1. The number of anilines is 3. The summed E-state index contributed by atoms with van der Waals surface area (Å²) in [5.74, 6) is 0.895. The van der Waals surface area contributed by atoms with Crippen LogP contribution in [-0.4, -0.2) is 97.8 Å². The Bertz CT molecular complexity index is 2040. The van der Waals surface area contributed by atoms with E-state index in [0.29, 0.717) is 43.4 Å². The molecule has 2 amide bonds. The summed E-state index contributed by atoms with van der Waals surface area (Å²) in [5, 5.41) is 26.6. The van der Waals surface area contributed by atoms with Crippen LogP contribution >= 0.6 is 0 Å². The zero-order chi connectivity index (χ0) is 37.7. The van der Waals surface area contributed by atoms with Gasteiger partial charge in [0.15, 0.2) is 5.82 Å². The second-order valence-corrected chi connectivity index (χ2v) is 16.1. The Balaban J connectivity index is 1.17. The molecule has 4 aromatic rings. The number of aromatic nitrogens is 3. The monoisotopic (exact) mass is 734 g/mol. The smallest absolute Gasteiger partial charge is 0.238 e. The highest BCUT2D eigenvalue weighted by atomic mass is 16.3. The lowest BCUT2D eigenvalue weighted by atomic mass is 9.73. The zero-order valence-electron chi connectivity index (χ0n) is 32.0. The summed E-state index contributed by atoms with van der Waals surface area (Å²) in [6.45, 7) is 11.5. The fraction of sp³-hybridized carbons (Fsp3) is 0.524. The van der Waals surface area contributed by atoms with Crippen molar-refractivity contribution in [3.05, 3.63) is 65.5 Å². The number of aliphatic hydroxyl groups is 2. The lowest BCUT2D eigenvalue weighted by Crippen LogP contribution is -2.58. The number of imidazole rings is 1. The number of aliphatic hydroxyl groups excluding tert-OH is 2. The number of nitrogens with zero attached hydrogens (tertiary/aromatic N) is 6. The Labute approximate surface area is 317 Å². The molecule has 12 heteroatoms. The highest BCUT2D eigenvalue weighted by Crippen LogP contribution is 2.52. The molecule has 3 fully saturated rings. The van der Waals surface area contributed by atoms with Crippen molar-refractivity contribution in [2.45, 2.75) is 102 Å². The number of carbonyl (C=O) groups excluding carboxylic acids is 2. The van der Waals surface area contributed by atoms with Gasteiger partial charge in [-0.1, -0.05) is 24.6 Å². The highest BCUT2D eigenvalue weighted by molar-refractivity contribution is 6.09. The van der Waals surface area contributed by atoms with Crippen LogP contribution in [0.2, 0.25) is 0 Å². The summed E-state index contributed by atoms with van der Waals surface area (Å²) in [6.07, 6.45) is 7.96. The van der Waals surface area contributed by atoms with Crippen molar-refractivity contribution in [1.29, 1.82) is 0 Å². The Hall–Kier alpha value is -4.36. The Morgan fingerprint density at radius 3 is 2.46 bits per heavy atom. The number of benzene rings is 2. The lowest BCUT2D eigenvalue weighted by Gasteiger charge is -2.48. The van der Waals surface area contributed by atoms with Gasteiger partial charge in [-0.15, -0.1) is 0 Å². The molecule has 1 unspecified atom stereocenters. The average molecular weight is 735 g/mol. The number of carbonyl (C=O) groups is 2. The van der Waals surface area contributed by atoms with Crippen LogP contribution in [-0.2, 0) is 15.0 Å². The number of nitrogens with one attached hydrogen (secondary N) is 2. The molecule has 1 atom stereocenters. The SMILES string of the molecule is CC(=O)N1CCC2(CC1)C(=O)N(C1CC(N3CCCCC3)C1)c1cc(-c3cc4ncn(C(C)C)c4c(Nc4ccc(C)c(C(O)NCCO)c4)n3)ccc12. The van der Waals surface area contributed by atoms with Crippen LogP contribution in [0.4, 0.5) is 17.2 Å². The fourth-order valence-corrected chi connectivity index (χ4v) is 9.30. The minimum absolute atomic E-state index is 0.0632. The third-order valence-electron chi connectivity index (χ3n) is 12.5. The quantitative estimate of drug-likeness (QED) is 0.155. The molecule has 0 radical (unpaired) electrons. The second-order valence-electron chi connectivity index (χ2n) is 16.1. The van der Waals surface area contributed by atoms with Gasteiger partial charge in [0, 0.05) is 67.2 Å². The number of pyridine rings is 1. The summed E-state index contributed by atoms with van der Waals surface area (Å²) < 4.78 is 2.11. The molecule has 286 valence electrons. The van der Waals surface area contributed by atoms with Crippen molar-refractivity contribution >= 4 is 40.0 Å². The normalized spacial score (nSPS) is 21.9. The number of hydrogen-bond acceptors (Lipinski definition) is 9. The van der Waals surface area contributed by atoms with E-state index in [0.717, 1.165) is 70.7 Å². The van der Waals surface area contributed by atoms with Crippen LogP contribution in [0.5, 0.6) is 0 Å². The molecule has 5 heterocycles. The number of rotatable bonds is 10. The lowest BCUT2D eigenvalue weighted by molar-refractivity contribution is -0.134. The first kappa shape index (κ1) is 36.6. The first-order valence-corrected chi connectivity index (χ1v) is 19.8. The van der Waals surface area contributed by atoms with Crippen molar-refractivity contribution in [1.82, 2.24) is 29.7 Å². The Morgan fingerprint density at radius 1 is 1.00 bits per heavy atom. The summed E-state index contributed by atoms with van der Waals surface area (Å²) in [5.41, 5.74) is 7.16. The summed E-state index contributed by atoms with van der Waals surface area (Å²) in [4.78, 5) is 43.8. The van der Waals surface area contributed by atoms with Crippen LogP contribution in [0.25, 0.3) is 22.3 Å². The molecule has 54 heavy (non-hydrogen) atoms. The molecule has 12 nitrogen and oxygen atoms in total. The van der Waals surface area contributed by atoms with Gasteiger partial charge in [0.05, 0.1) is 29.6 Å². The molecule has 1 spiro atoms. The minimum Gasteiger partial charge on any atom is -0.395 e. The molecule has 4 aliphatic rings. The largest absolute Gasteiger partial charge is 0.395 e. The summed E-state index contributed by atoms with van der Waals surface area (Å²) in [6, 6.07) is 15.1. The molecule has 0 bridgehead atoms. The van der Waals surface area contributed by atoms with Gasteiger partial charge in [-0.05, 0) is 108 Å². The van der Waals surface area contributed by atoms with Gasteiger partial charge in [0.25, 0.3) is 0 Å². The number of fused-ring (bicyclic) bond motifs is 3. The van der Waals surface area contributed by atoms with Crippen molar-refractivity contribution in [2.24, 2.45) is 0 Å². The predicted octanol–water partition coefficient (Wildman–Crippen LogP) is 5.55. The molecule has 2 aromatic carbocycles. The number of aryl methyl sites for hydroxylation is 1. The first-order valence-electron chi connectivity index (χ1n) is 19.8. The van der Waals surface area contributed by atoms with Crippen LogP contribution in [0.15, 0.2) is 48.8 Å². The third kappa shape index (κ3) is 6.46. The maximum atomic E-state index is 14.8. The van der Waals surface area contributed by atoms with Crippen LogP contribution < -0.4 is 15.5 Å².